The Morgan fingerprint density at radius 2 is 1.93 bits per heavy atom. The minimum absolute atomic E-state index is 0.101. The number of hydrogen-bond donors (Lipinski definition) is 1. The van der Waals surface area contributed by atoms with Crippen LogP contribution < -0.4 is 9.47 Å². The monoisotopic (exact) mass is 368 g/mol. The van der Waals surface area contributed by atoms with E-state index >= 15 is 0 Å². The standard InChI is InChI=1S/C21H20O6/c1-24-18-11-9-16(20(23)21(18)25-2)17(22)10-8-15-13-26-19(27-15)12-14-6-4-3-5-7-14/h3-11,13,19,23H,12H2,1-2H3. The molecule has 6 nitrogen and oxygen atoms in total. The Morgan fingerprint density at radius 1 is 1.15 bits per heavy atom. The third-order valence-corrected chi connectivity index (χ3v) is 4.03. The molecule has 0 saturated carbocycles. The van der Waals surface area contributed by atoms with Gasteiger partial charge in [-0.15, -0.1) is 0 Å². The van der Waals surface area contributed by atoms with Crippen LogP contribution in [0.5, 0.6) is 17.2 Å². The number of carbonyl (C=O) groups is 1. The van der Waals surface area contributed by atoms with E-state index in [1.54, 1.807) is 6.07 Å². The van der Waals surface area contributed by atoms with Gasteiger partial charge in [0.05, 0.1) is 19.8 Å². The number of carbonyl (C=O) groups excluding carboxylic acids is 1. The number of ether oxygens (including phenoxy) is 4. The fourth-order valence-corrected chi connectivity index (χ4v) is 2.68. The zero-order valence-corrected chi connectivity index (χ0v) is 15.0. The highest BCUT2D eigenvalue weighted by Gasteiger charge is 2.20. The first-order valence-electron chi connectivity index (χ1n) is 8.35. The minimum Gasteiger partial charge on any atom is -0.504 e. The van der Waals surface area contributed by atoms with Crippen molar-refractivity contribution < 1.29 is 28.8 Å². The fraction of sp³-hybridized carbons (Fsp3) is 0.190. The smallest absolute Gasteiger partial charge is 0.244 e. The van der Waals surface area contributed by atoms with Gasteiger partial charge in [-0.2, -0.15) is 0 Å². The SMILES string of the molecule is COc1ccc(C(=O)C=CC2=COC(Cc3ccccc3)O2)c(O)c1OC. The summed E-state index contributed by atoms with van der Waals surface area (Å²) in [4.78, 5) is 12.4. The molecule has 0 bridgehead atoms. The van der Waals surface area contributed by atoms with Gasteiger partial charge in [-0.1, -0.05) is 30.3 Å². The van der Waals surface area contributed by atoms with Crippen LogP contribution in [0.15, 0.2) is 66.6 Å². The van der Waals surface area contributed by atoms with Crippen molar-refractivity contribution in [2.75, 3.05) is 14.2 Å². The molecule has 2 aromatic carbocycles. The third-order valence-electron chi connectivity index (χ3n) is 4.03. The van der Waals surface area contributed by atoms with Gasteiger partial charge >= 0.3 is 0 Å². The Bertz CT molecular complexity index is 870. The fourth-order valence-electron chi connectivity index (χ4n) is 2.68. The van der Waals surface area contributed by atoms with Gasteiger partial charge in [-0.3, -0.25) is 4.79 Å². The molecule has 0 saturated heterocycles. The summed E-state index contributed by atoms with van der Waals surface area (Å²) in [7, 11) is 2.84. The zero-order valence-electron chi connectivity index (χ0n) is 15.0. The van der Waals surface area contributed by atoms with Crippen LogP contribution in [0.25, 0.3) is 0 Å². The van der Waals surface area contributed by atoms with E-state index in [4.69, 9.17) is 18.9 Å². The highest BCUT2D eigenvalue weighted by molar-refractivity contribution is 6.07. The number of phenolic OH excluding ortho intramolecular Hbond substituents is 1. The second-order valence-corrected chi connectivity index (χ2v) is 5.79. The van der Waals surface area contributed by atoms with Gasteiger partial charge in [0.1, 0.15) is 6.26 Å². The van der Waals surface area contributed by atoms with Crippen LogP contribution >= 0.6 is 0 Å². The van der Waals surface area contributed by atoms with Crippen LogP contribution in [-0.4, -0.2) is 31.4 Å². The molecule has 0 aromatic heterocycles. The molecule has 3 rings (SSSR count). The molecule has 1 unspecified atom stereocenters. The van der Waals surface area contributed by atoms with Crippen molar-refractivity contribution in [3.63, 3.8) is 0 Å². The first-order chi connectivity index (χ1) is 13.1. The summed E-state index contributed by atoms with van der Waals surface area (Å²) in [6.45, 7) is 0. The van der Waals surface area contributed by atoms with Crippen LogP contribution in [-0.2, 0) is 15.9 Å². The number of rotatable bonds is 7. The average molecular weight is 368 g/mol. The molecular weight excluding hydrogens is 348 g/mol. The molecule has 0 fully saturated rings. The van der Waals surface area contributed by atoms with Crippen molar-refractivity contribution in [1.29, 1.82) is 0 Å². The Balaban J connectivity index is 1.64. The summed E-state index contributed by atoms with van der Waals surface area (Å²) in [6, 6.07) is 12.9. The van der Waals surface area contributed by atoms with E-state index < -0.39 is 12.1 Å². The Morgan fingerprint density at radius 3 is 2.63 bits per heavy atom. The summed E-state index contributed by atoms with van der Waals surface area (Å²) in [5, 5.41) is 10.2. The summed E-state index contributed by atoms with van der Waals surface area (Å²) >= 11 is 0. The number of phenols is 1. The van der Waals surface area contributed by atoms with E-state index in [-0.39, 0.29) is 17.1 Å². The van der Waals surface area contributed by atoms with Crippen LogP contribution in [0.2, 0.25) is 0 Å². The lowest BCUT2D eigenvalue weighted by Crippen LogP contribution is -2.11. The van der Waals surface area contributed by atoms with E-state index in [0.717, 1.165) is 5.56 Å². The Kier molecular flexibility index (Phi) is 5.66. The maximum absolute atomic E-state index is 12.4. The Labute approximate surface area is 157 Å². The minimum atomic E-state index is -0.434. The molecule has 0 radical (unpaired) electrons. The quantitative estimate of drug-likeness (QED) is 0.595. The molecule has 0 spiro atoms. The second kappa shape index (κ2) is 8.31. The number of hydrogen-bond acceptors (Lipinski definition) is 6. The highest BCUT2D eigenvalue weighted by Crippen LogP contribution is 2.39. The predicted molar refractivity (Wildman–Crippen MR) is 98.9 cm³/mol. The molecular formula is C21H20O6. The van der Waals surface area contributed by atoms with Gasteiger partial charge in [0.2, 0.25) is 12.0 Å². The van der Waals surface area contributed by atoms with E-state index in [2.05, 4.69) is 0 Å². The molecule has 1 heterocycles. The molecule has 1 N–H and O–H groups in total. The van der Waals surface area contributed by atoms with Gasteiger partial charge < -0.3 is 24.1 Å². The predicted octanol–water partition coefficient (Wildman–Crippen LogP) is 3.61. The number of methoxy groups -OCH3 is 2. The normalized spacial score (nSPS) is 15.8. The van der Waals surface area contributed by atoms with E-state index in [9.17, 15) is 9.90 Å². The molecule has 1 aliphatic rings. The molecule has 2 aromatic rings. The molecule has 0 amide bonds. The lowest BCUT2D eigenvalue weighted by molar-refractivity contribution is -0.0269. The van der Waals surface area contributed by atoms with E-state index in [0.29, 0.717) is 17.9 Å². The summed E-state index contributed by atoms with van der Waals surface area (Å²) in [6.07, 6.45) is 4.44. The first-order valence-corrected chi connectivity index (χ1v) is 8.35. The molecule has 140 valence electrons. The molecule has 27 heavy (non-hydrogen) atoms. The number of ketones is 1. The van der Waals surface area contributed by atoms with Gasteiger partial charge in [-0.25, -0.2) is 0 Å². The first kappa shape index (κ1) is 18.4. The van der Waals surface area contributed by atoms with Crippen molar-refractivity contribution >= 4 is 5.78 Å². The summed E-state index contributed by atoms with van der Waals surface area (Å²) in [5.74, 6) is 0.216. The third kappa shape index (κ3) is 4.23. The average Bonchev–Trinajstić information content (AvgIpc) is 3.13. The molecule has 1 atom stereocenters. The number of aromatic hydroxyl groups is 1. The van der Waals surface area contributed by atoms with Crippen molar-refractivity contribution in [3.8, 4) is 17.2 Å². The van der Waals surface area contributed by atoms with Crippen molar-refractivity contribution in [1.82, 2.24) is 0 Å². The van der Waals surface area contributed by atoms with Crippen LogP contribution in [0.3, 0.4) is 0 Å². The maximum Gasteiger partial charge on any atom is 0.244 e. The van der Waals surface area contributed by atoms with Crippen molar-refractivity contribution in [3.05, 3.63) is 77.8 Å². The summed E-state index contributed by atoms with van der Waals surface area (Å²) in [5.41, 5.74) is 1.19. The largest absolute Gasteiger partial charge is 0.504 e. The van der Waals surface area contributed by atoms with E-state index in [1.165, 1.54) is 38.7 Å². The van der Waals surface area contributed by atoms with Gasteiger partial charge in [-0.05, 0) is 29.8 Å². The molecule has 6 heteroatoms. The number of benzene rings is 2. The lowest BCUT2D eigenvalue weighted by Gasteiger charge is -2.11. The van der Waals surface area contributed by atoms with Crippen LogP contribution in [0, 0.1) is 0 Å². The lowest BCUT2D eigenvalue weighted by atomic mass is 10.1. The highest BCUT2D eigenvalue weighted by atomic mass is 16.7. The Hall–Kier alpha value is -3.41. The van der Waals surface area contributed by atoms with Gasteiger partial charge in [0.25, 0.3) is 0 Å². The van der Waals surface area contributed by atoms with Crippen LogP contribution in [0.4, 0.5) is 0 Å². The topological polar surface area (TPSA) is 74.2 Å². The van der Waals surface area contributed by atoms with Crippen molar-refractivity contribution in [2.45, 2.75) is 12.7 Å². The van der Waals surface area contributed by atoms with Crippen molar-refractivity contribution in [2.24, 2.45) is 0 Å². The molecule has 0 aliphatic carbocycles. The van der Waals surface area contributed by atoms with E-state index in [1.807, 2.05) is 30.3 Å². The molecule has 1 aliphatic heterocycles. The zero-order chi connectivity index (χ0) is 19.2. The number of allylic oxidation sites excluding steroid dienone is 2. The van der Waals surface area contributed by atoms with Crippen LogP contribution in [0.1, 0.15) is 15.9 Å². The van der Waals surface area contributed by atoms with Gasteiger partial charge in [0, 0.05) is 6.42 Å². The van der Waals surface area contributed by atoms with Gasteiger partial charge in [0.15, 0.2) is 23.0 Å². The maximum atomic E-state index is 12.4. The second-order valence-electron chi connectivity index (χ2n) is 5.79. The summed E-state index contributed by atoms with van der Waals surface area (Å²) < 4.78 is 21.3.